The lowest BCUT2D eigenvalue weighted by Gasteiger charge is -2.56. The number of ether oxygens (including phenoxy) is 1. The third-order valence-corrected chi connectivity index (χ3v) is 3.31. The first kappa shape index (κ1) is 10.3. The molecule has 1 saturated heterocycles. The number of halogens is 2. The molecule has 2 nitrogen and oxygen atoms in total. The summed E-state index contributed by atoms with van der Waals surface area (Å²) in [6, 6.07) is 0. The minimum absolute atomic E-state index is 0.202. The molecule has 0 aromatic carbocycles. The van der Waals surface area contributed by atoms with Crippen molar-refractivity contribution in [2.75, 3.05) is 19.9 Å². The molecular formula is C10H17F2NO. The molecule has 2 aliphatic rings. The molecule has 4 heteroatoms. The van der Waals surface area contributed by atoms with Gasteiger partial charge in [-0.3, -0.25) is 14.1 Å². The van der Waals surface area contributed by atoms with E-state index in [4.69, 9.17) is 4.74 Å². The Bertz CT molecular complexity index is 210. The highest BCUT2D eigenvalue weighted by molar-refractivity contribution is 5.05. The predicted molar refractivity (Wildman–Crippen MR) is 49.5 cm³/mol. The monoisotopic (exact) mass is 205 g/mol. The molecule has 1 unspecified atom stereocenters. The zero-order chi connectivity index (χ0) is 10.2. The van der Waals surface area contributed by atoms with Crippen LogP contribution < -0.4 is 5.32 Å². The van der Waals surface area contributed by atoms with Crippen LogP contribution in [0.2, 0.25) is 0 Å². The Morgan fingerprint density at radius 3 is 2.50 bits per heavy atom. The van der Waals surface area contributed by atoms with Crippen LogP contribution >= 0.6 is 0 Å². The first-order valence-corrected chi connectivity index (χ1v) is 5.18. The van der Waals surface area contributed by atoms with E-state index in [1.807, 2.05) is 6.92 Å². The summed E-state index contributed by atoms with van der Waals surface area (Å²) in [5.41, 5.74) is -1.18. The zero-order valence-electron chi connectivity index (χ0n) is 8.48. The van der Waals surface area contributed by atoms with Crippen LogP contribution in [0, 0.1) is 5.41 Å². The number of alkyl halides is 2. The van der Waals surface area contributed by atoms with Gasteiger partial charge in [0.05, 0.1) is 19.5 Å². The molecule has 1 spiro atoms. The van der Waals surface area contributed by atoms with Gasteiger partial charge in [0.1, 0.15) is 5.72 Å². The van der Waals surface area contributed by atoms with E-state index >= 15 is 0 Å². The molecule has 1 aliphatic heterocycles. The van der Waals surface area contributed by atoms with E-state index in [9.17, 15) is 8.78 Å². The van der Waals surface area contributed by atoms with Gasteiger partial charge in [-0.1, -0.05) is 0 Å². The Hall–Kier alpha value is -0.220. The van der Waals surface area contributed by atoms with Crippen molar-refractivity contribution in [2.24, 2.45) is 5.41 Å². The Morgan fingerprint density at radius 1 is 1.36 bits per heavy atom. The molecule has 14 heavy (non-hydrogen) atoms. The fourth-order valence-electron chi connectivity index (χ4n) is 2.58. The van der Waals surface area contributed by atoms with Gasteiger partial charge in [0, 0.05) is 24.8 Å². The maximum Gasteiger partial charge on any atom is 0.121 e. The molecule has 0 radical (unpaired) electrons. The average Bonchev–Trinajstić information content (AvgIpc) is 2.13. The molecular weight excluding hydrogens is 188 g/mol. The lowest BCUT2D eigenvalue weighted by molar-refractivity contribution is -0.235. The molecule has 1 aliphatic carbocycles. The second-order valence-corrected chi connectivity index (χ2v) is 4.76. The Kier molecular flexibility index (Phi) is 2.52. The highest BCUT2D eigenvalue weighted by Gasteiger charge is 2.57. The summed E-state index contributed by atoms with van der Waals surface area (Å²) >= 11 is 0. The second kappa shape index (κ2) is 3.42. The van der Waals surface area contributed by atoms with Gasteiger partial charge >= 0.3 is 0 Å². The van der Waals surface area contributed by atoms with Crippen LogP contribution in [0.25, 0.3) is 0 Å². The normalized spacial score (nSPS) is 34.1. The van der Waals surface area contributed by atoms with Gasteiger partial charge < -0.3 is 4.74 Å². The number of hydrogen-bond donors (Lipinski definition) is 1. The van der Waals surface area contributed by atoms with Crippen LogP contribution in [-0.4, -0.2) is 31.7 Å². The van der Waals surface area contributed by atoms with Gasteiger partial charge in [0.25, 0.3) is 0 Å². The SMILES string of the molecule is CC1CCNC2(CC(CF)(CF)C2)O1. The third kappa shape index (κ3) is 1.54. The van der Waals surface area contributed by atoms with Crippen molar-refractivity contribution < 1.29 is 13.5 Å². The van der Waals surface area contributed by atoms with E-state index in [2.05, 4.69) is 5.32 Å². The van der Waals surface area contributed by atoms with Gasteiger partial charge in [0.2, 0.25) is 0 Å². The second-order valence-electron chi connectivity index (χ2n) is 4.76. The minimum atomic E-state index is -0.760. The van der Waals surface area contributed by atoms with Crippen molar-refractivity contribution in [3.8, 4) is 0 Å². The highest BCUT2D eigenvalue weighted by Crippen LogP contribution is 2.51. The smallest absolute Gasteiger partial charge is 0.121 e. The van der Waals surface area contributed by atoms with E-state index in [1.165, 1.54) is 0 Å². The molecule has 0 amide bonds. The minimum Gasteiger partial charge on any atom is -0.358 e. The molecule has 1 N–H and O–H groups in total. The van der Waals surface area contributed by atoms with Crippen LogP contribution in [0.3, 0.4) is 0 Å². The predicted octanol–water partition coefficient (Wildman–Crippen LogP) is 1.80. The average molecular weight is 205 g/mol. The fraction of sp³-hybridized carbons (Fsp3) is 1.00. The summed E-state index contributed by atoms with van der Waals surface area (Å²) in [4.78, 5) is 0. The summed E-state index contributed by atoms with van der Waals surface area (Å²) in [6.07, 6.45) is 2.11. The molecule has 0 bridgehead atoms. The van der Waals surface area contributed by atoms with Gasteiger partial charge in [-0.25, -0.2) is 0 Å². The molecule has 1 atom stereocenters. The quantitative estimate of drug-likeness (QED) is 0.742. The largest absolute Gasteiger partial charge is 0.358 e. The molecule has 0 aromatic heterocycles. The lowest BCUT2D eigenvalue weighted by Crippen LogP contribution is -2.66. The van der Waals surface area contributed by atoms with Gasteiger partial charge in [-0.05, 0) is 13.3 Å². The van der Waals surface area contributed by atoms with Crippen LogP contribution in [0.1, 0.15) is 26.2 Å². The lowest BCUT2D eigenvalue weighted by atomic mass is 9.64. The first-order chi connectivity index (χ1) is 6.64. The topological polar surface area (TPSA) is 21.3 Å². The Balaban J connectivity index is 1.96. The Labute approximate surface area is 83.0 Å². The van der Waals surface area contributed by atoms with E-state index in [0.717, 1.165) is 13.0 Å². The van der Waals surface area contributed by atoms with Crippen molar-refractivity contribution in [3.05, 3.63) is 0 Å². The Morgan fingerprint density at radius 2 is 2.00 bits per heavy atom. The van der Waals surface area contributed by atoms with Crippen molar-refractivity contribution in [1.82, 2.24) is 5.32 Å². The standard InChI is InChI=1S/C10H17F2NO/c1-8-2-3-13-10(14-8)4-9(5-10,6-11)7-12/h8,13H,2-7H2,1H3. The molecule has 1 saturated carbocycles. The summed E-state index contributed by atoms with van der Waals surface area (Å²) in [6.45, 7) is 1.73. The van der Waals surface area contributed by atoms with E-state index in [1.54, 1.807) is 0 Å². The van der Waals surface area contributed by atoms with Gasteiger partial charge in [-0.2, -0.15) is 0 Å². The first-order valence-electron chi connectivity index (χ1n) is 5.18. The number of hydrogen-bond acceptors (Lipinski definition) is 2. The summed E-state index contributed by atoms with van der Waals surface area (Å²) in [5, 5.41) is 3.23. The van der Waals surface area contributed by atoms with Crippen molar-refractivity contribution >= 4 is 0 Å². The van der Waals surface area contributed by atoms with Crippen molar-refractivity contribution in [2.45, 2.75) is 38.0 Å². The molecule has 1 heterocycles. The number of rotatable bonds is 2. The molecule has 0 aromatic rings. The van der Waals surface area contributed by atoms with Crippen LogP contribution in [0.4, 0.5) is 8.78 Å². The molecule has 2 rings (SSSR count). The summed E-state index contributed by atoms with van der Waals surface area (Å²) < 4.78 is 30.9. The summed E-state index contributed by atoms with van der Waals surface area (Å²) in [7, 11) is 0. The van der Waals surface area contributed by atoms with Crippen LogP contribution in [0.15, 0.2) is 0 Å². The van der Waals surface area contributed by atoms with E-state index in [0.29, 0.717) is 12.8 Å². The molecule has 2 fully saturated rings. The maximum atomic E-state index is 12.6. The van der Waals surface area contributed by atoms with Crippen LogP contribution in [-0.2, 0) is 4.74 Å². The van der Waals surface area contributed by atoms with Gasteiger partial charge in [0.15, 0.2) is 0 Å². The fourth-order valence-corrected chi connectivity index (χ4v) is 2.58. The summed E-state index contributed by atoms with van der Waals surface area (Å²) in [5.74, 6) is 0. The van der Waals surface area contributed by atoms with E-state index < -0.39 is 24.5 Å². The molecule has 82 valence electrons. The zero-order valence-corrected chi connectivity index (χ0v) is 8.48. The van der Waals surface area contributed by atoms with Crippen LogP contribution in [0.5, 0.6) is 0 Å². The third-order valence-electron chi connectivity index (χ3n) is 3.31. The van der Waals surface area contributed by atoms with Gasteiger partial charge in [-0.15, -0.1) is 0 Å². The number of nitrogens with one attached hydrogen (secondary N) is 1. The maximum absolute atomic E-state index is 12.6. The highest BCUT2D eigenvalue weighted by atomic mass is 19.1. The van der Waals surface area contributed by atoms with Crippen molar-refractivity contribution in [3.63, 3.8) is 0 Å². The van der Waals surface area contributed by atoms with Crippen molar-refractivity contribution in [1.29, 1.82) is 0 Å². The van der Waals surface area contributed by atoms with E-state index in [-0.39, 0.29) is 6.10 Å².